The van der Waals surface area contributed by atoms with Crippen molar-refractivity contribution >= 4 is 22.9 Å². The molecule has 0 radical (unpaired) electrons. The van der Waals surface area contributed by atoms with E-state index in [-0.39, 0.29) is 28.7 Å². The van der Waals surface area contributed by atoms with Crippen LogP contribution in [0.1, 0.15) is 10.5 Å². The van der Waals surface area contributed by atoms with Gasteiger partial charge in [0.1, 0.15) is 16.9 Å². The van der Waals surface area contributed by atoms with Crippen molar-refractivity contribution in [2.24, 2.45) is 5.84 Å². The average Bonchev–Trinajstić information content (AvgIpc) is 2.73. The van der Waals surface area contributed by atoms with Gasteiger partial charge in [-0.1, -0.05) is 30.3 Å². The van der Waals surface area contributed by atoms with Gasteiger partial charge in [0.2, 0.25) is 5.88 Å². The molecule has 0 unspecified atom stereocenters. The van der Waals surface area contributed by atoms with Crippen molar-refractivity contribution in [3.8, 4) is 17.1 Å². The summed E-state index contributed by atoms with van der Waals surface area (Å²) < 4.78 is 0. The largest absolute Gasteiger partial charge is 0.492 e. The Morgan fingerprint density at radius 1 is 1.00 bits per heavy atom. The molecule has 9 nitrogen and oxygen atoms in total. The fourth-order valence-corrected chi connectivity index (χ4v) is 2.48. The summed E-state index contributed by atoms with van der Waals surface area (Å²) in [4.78, 5) is 33.0. The molecule has 3 heterocycles. The number of anilines is 1. The Labute approximate surface area is 153 Å². The van der Waals surface area contributed by atoms with E-state index in [2.05, 4.69) is 24.9 Å². The zero-order chi connectivity index (χ0) is 18.8. The van der Waals surface area contributed by atoms with Crippen molar-refractivity contribution in [3.63, 3.8) is 0 Å². The lowest BCUT2D eigenvalue weighted by Gasteiger charge is -2.15. The minimum atomic E-state index is -0.565. The molecule has 9 heteroatoms. The molecule has 0 atom stereocenters. The van der Waals surface area contributed by atoms with Crippen LogP contribution in [-0.2, 0) is 0 Å². The molecule has 0 aliphatic heterocycles. The van der Waals surface area contributed by atoms with Gasteiger partial charge in [0.25, 0.3) is 5.91 Å². The van der Waals surface area contributed by atoms with E-state index < -0.39 is 5.91 Å². The summed E-state index contributed by atoms with van der Waals surface area (Å²) in [6.07, 6.45) is 4.17. The van der Waals surface area contributed by atoms with E-state index in [9.17, 15) is 9.90 Å². The van der Waals surface area contributed by atoms with Gasteiger partial charge in [-0.05, 0) is 12.1 Å². The maximum absolute atomic E-state index is 12.4. The summed E-state index contributed by atoms with van der Waals surface area (Å²) in [5.41, 5.74) is 1.68. The number of carbonyl (C=O) groups excluding carboxylic acids is 1. The number of nitrogens with two attached hydrogens (primary N) is 1. The van der Waals surface area contributed by atoms with Crippen LogP contribution in [0, 0.1) is 0 Å². The third-order valence-electron chi connectivity index (χ3n) is 3.79. The highest BCUT2D eigenvalue weighted by Crippen LogP contribution is 2.27. The standard InChI is InChI=1S/C18H13N7O2/c19-25(18(27)13-10-20-8-9-21-13)14-7-6-12-16(23-14)24-15(17(26)22-12)11-4-2-1-3-5-11/h1-10H,19H2,(H,22,26). The molecule has 0 saturated carbocycles. The minimum Gasteiger partial charge on any atom is -0.492 e. The summed E-state index contributed by atoms with van der Waals surface area (Å²) in [6.45, 7) is 0. The molecule has 132 valence electrons. The number of hydrogen-bond donors (Lipinski definition) is 2. The number of pyridine rings is 1. The van der Waals surface area contributed by atoms with E-state index in [1.807, 2.05) is 18.2 Å². The number of amides is 1. The first-order chi connectivity index (χ1) is 13.1. The van der Waals surface area contributed by atoms with Crippen LogP contribution in [0.15, 0.2) is 61.1 Å². The van der Waals surface area contributed by atoms with Crippen LogP contribution >= 0.6 is 0 Å². The summed E-state index contributed by atoms with van der Waals surface area (Å²) in [5, 5.41) is 11.0. The molecule has 4 aromatic rings. The lowest BCUT2D eigenvalue weighted by atomic mass is 10.1. The number of hydrazine groups is 1. The van der Waals surface area contributed by atoms with Gasteiger partial charge in [-0.2, -0.15) is 0 Å². The first kappa shape index (κ1) is 16.5. The molecule has 27 heavy (non-hydrogen) atoms. The van der Waals surface area contributed by atoms with Crippen molar-refractivity contribution in [3.05, 3.63) is 66.7 Å². The minimum absolute atomic E-state index is 0.0867. The van der Waals surface area contributed by atoms with E-state index in [0.29, 0.717) is 11.1 Å². The first-order valence-corrected chi connectivity index (χ1v) is 7.92. The van der Waals surface area contributed by atoms with E-state index in [0.717, 1.165) is 5.01 Å². The molecule has 0 saturated heterocycles. The van der Waals surface area contributed by atoms with Crippen LogP contribution < -0.4 is 10.9 Å². The lowest BCUT2D eigenvalue weighted by molar-refractivity contribution is 0.0981. The molecule has 0 fully saturated rings. The average molecular weight is 359 g/mol. The number of aromatic hydroxyl groups is 1. The van der Waals surface area contributed by atoms with Crippen molar-refractivity contribution in [1.29, 1.82) is 0 Å². The van der Waals surface area contributed by atoms with Crippen LogP contribution in [0.4, 0.5) is 5.82 Å². The van der Waals surface area contributed by atoms with Gasteiger partial charge in [-0.3, -0.25) is 9.78 Å². The Balaban J connectivity index is 1.75. The molecule has 0 spiro atoms. The van der Waals surface area contributed by atoms with E-state index >= 15 is 0 Å². The third kappa shape index (κ3) is 3.14. The Morgan fingerprint density at radius 2 is 1.81 bits per heavy atom. The topological polar surface area (TPSA) is 131 Å². The molecule has 0 aliphatic rings. The van der Waals surface area contributed by atoms with Gasteiger partial charge in [0.05, 0.1) is 6.20 Å². The van der Waals surface area contributed by atoms with E-state index in [1.54, 1.807) is 18.2 Å². The number of aromatic nitrogens is 5. The molecular formula is C18H13N7O2. The van der Waals surface area contributed by atoms with E-state index in [4.69, 9.17) is 5.84 Å². The Morgan fingerprint density at radius 3 is 2.56 bits per heavy atom. The number of hydrogen-bond acceptors (Lipinski definition) is 8. The second kappa shape index (κ2) is 6.73. The fourth-order valence-electron chi connectivity index (χ4n) is 2.48. The quantitative estimate of drug-likeness (QED) is 0.321. The molecular weight excluding hydrogens is 346 g/mol. The first-order valence-electron chi connectivity index (χ1n) is 7.92. The predicted octanol–water partition coefficient (Wildman–Crippen LogP) is 1.71. The van der Waals surface area contributed by atoms with Crippen LogP contribution in [0.3, 0.4) is 0 Å². The van der Waals surface area contributed by atoms with Crippen molar-refractivity contribution < 1.29 is 9.90 Å². The number of nitrogens with zero attached hydrogens (tertiary/aromatic N) is 6. The smallest absolute Gasteiger partial charge is 0.293 e. The number of carbonyl (C=O) groups is 1. The van der Waals surface area contributed by atoms with Crippen molar-refractivity contribution in [1.82, 2.24) is 24.9 Å². The molecule has 4 rings (SSSR count). The highest BCUT2D eigenvalue weighted by atomic mass is 16.3. The maximum Gasteiger partial charge on any atom is 0.293 e. The summed E-state index contributed by atoms with van der Waals surface area (Å²) >= 11 is 0. The summed E-state index contributed by atoms with van der Waals surface area (Å²) in [7, 11) is 0. The fraction of sp³-hybridized carbons (Fsp3) is 0. The normalized spacial score (nSPS) is 10.7. The molecule has 1 aromatic carbocycles. The second-order valence-electron chi connectivity index (χ2n) is 5.54. The highest BCUT2D eigenvalue weighted by molar-refractivity contribution is 6.03. The molecule has 3 N–H and O–H groups in total. The Bertz CT molecular complexity index is 1120. The van der Waals surface area contributed by atoms with Gasteiger partial charge in [0.15, 0.2) is 11.5 Å². The van der Waals surface area contributed by atoms with Crippen LogP contribution in [0.5, 0.6) is 5.88 Å². The van der Waals surface area contributed by atoms with Crippen LogP contribution in [0.2, 0.25) is 0 Å². The van der Waals surface area contributed by atoms with Gasteiger partial charge in [-0.15, -0.1) is 0 Å². The van der Waals surface area contributed by atoms with Crippen LogP contribution in [0.25, 0.3) is 22.4 Å². The van der Waals surface area contributed by atoms with Gasteiger partial charge < -0.3 is 5.11 Å². The third-order valence-corrected chi connectivity index (χ3v) is 3.79. The second-order valence-corrected chi connectivity index (χ2v) is 5.54. The maximum atomic E-state index is 12.4. The molecule has 3 aromatic heterocycles. The van der Waals surface area contributed by atoms with E-state index in [1.165, 1.54) is 24.7 Å². The zero-order valence-electron chi connectivity index (χ0n) is 13.9. The SMILES string of the molecule is NN(C(=O)c1cnccn1)c1ccc2nc(O)c(-c3ccccc3)nc2n1. The molecule has 0 bridgehead atoms. The van der Waals surface area contributed by atoms with Crippen LogP contribution in [-0.4, -0.2) is 35.9 Å². The number of rotatable bonds is 3. The lowest BCUT2D eigenvalue weighted by Crippen LogP contribution is -2.38. The molecule has 0 aliphatic carbocycles. The van der Waals surface area contributed by atoms with Gasteiger partial charge in [0, 0.05) is 18.0 Å². The molecule has 1 amide bonds. The summed E-state index contributed by atoms with van der Waals surface area (Å²) in [6, 6.07) is 12.2. The van der Waals surface area contributed by atoms with Crippen molar-refractivity contribution in [2.75, 3.05) is 5.01 Å². The predicted molar refractivity (Wildman–Crippen MR) is 97.5 cm³/mol. The van der Waals surface area contributed by atoms with Crippen molar-refractivity contribution in [2.45, 2.75) is 0 Å². The number of benzene rings is 1. The summed E-state index contributed by atoms with van der Waals surface area (Å²) in [5.74, 6) is 5.29. The zero-order valence-corrected chi connectivity index (χ0v) is 13.9. The van der Waals surface area contributed by atoms with Gasteiger partial charge >= 0.3 is 0 Å². The Hall–Kier alpha value is -3.98. The monoisotopic (exact) mass is 359 g/mol. The highest BCUT2D eigenvalue weighted by Gasteiger charge is 2.18. The number of fused-ring (bicyclic) bond motifs is 1. The Kier molecular flexibility index (Phi) is 4.11. The van der Waals surface area contributed by atoms with Gasteiger partial charge in [-0.25, -0.2) is 30.8 Å².